The van der Waals surface area contributed by atoms with Gasteiger partial charge in [0.05, 0.1) is 20.8 Å². The predicted molar refractivity (Wildman–Crippen MR) is 115 cm³/mol. The molecular formula is C22H27ClFN3O3. The smallest absolute Gasteiger partial charge is 0.234 e. The molecule has 1 heterocycles. The minimum atomic E-state index is -0.278. The zero-order valence-electron chi connectivity index (χ0n) is 17.3. The number of carbonyl (C=O) groups is 1. The molecule has 30 heavy (non-hydrogen) atoms. The molecule has 1 saturated heterocycles. The lowest BCUT2D eigenvalue weighted by Gasteiger charge is -2.34. The summed E-state index contributed by atoms with van der Waals surface area (Å²) in [7, 11) is 3.17. The second-order valence-corrected chi connectivity index (χ2v) is 7.63. The van der Waals surface area contributed by atoms with Gasteiger partial charge < -0.3 is 14.8 Å². The van der Waals surface area contributed by atoms with Crippen molar-refractivity contribution in [3.05, 3.63) is 58.4 Å². The molecular weight excluding hydrogens is 409 g/mol. The van der Waals surface area contributed by atoms with Crippen LogP contribution in [0.4, 0.5) is 4.39 Å². The molecule has 3 rings (SSSR count). The van der Waals surface area contributed by atoms with Crippen LogP contribution in [0.2, 0.25) is 5.02 Å². The molecule has 0 unspecified atom stereocenters. The maximum Gasteiger partial charge on any atom is 0.234 e. The zero-order chi connectivity index (χ0) is 21.5. The zero-order valence-corrected chi connectivity index (χ0v) is 18.0. The van der Waals surface area contributed by atoms with Crippen molar-refractivity contribution < 1.29 is 18.7 Å². The third kappa shape index (κ3) is 5.84. The van der Waals surface area contributed by atoms with Crippen LogP contribution >= 0.6 is 11.6 Å². The molecule has 2 aromatic carbocycles. The van der Waals surface area contributed by atoms with Gasteiger partial charge >= 0.3 is 0 Å². The van der Waals surface area contributed by atoms with Gasteiger partial charge in [-0.15, -0.1) is 0 Å². The summed E-state index contributed by atoms with van der Waals surface area (Å²) in [5.41, 5.74) is 1.47. The number of nitrogens with one attached hydrogen (secondary N) is 1. The molecule has 1 fully saturated rings. The number of benzene rings is 2. The first-order chi connectivity index (χ1) is 14.5. The van der Waals surface area contributed by atoms with E-state index >= 15 is 0 Å². The van der Waals surface area contributed by atoms with E-state index in [2.05, 4.69) is 15.1 Å². The number of hydrogen-bond donors (Lipinski definition) is 1. The van der Waals surface area contributed by atoms with Crippen molar-refractivity contribution in [2.24, 2.45) is 0 Å². The summed E-state index contributed by atoms with van der Waals surface area (Å²) >= 11 is 6.12. The van der Waals surface area contributed by atoms with E-state index in [0.29, 0.717) is 41.7 Å². The van der Waals surface area contributed by atoms with Crippen LogP contribution in [0.25, 0.3) is 0 Å². The van der Waals surface area contributed by atoms with Crippen molar-refractivity contribution in [3.63, 3.8) is 0 Å². The predicted octanol–water partition coefficient (Wildman–Crippen LogP) is 2.93. The van der Waals surface area contributed by atoms with E-state index in [9.17, 15) is 9.18 Å². The van der Waals surface area contributed by atoms with Crippen molar-refractivity contribution in [1.82, 2.24) is 15.1 Å². The summed E-state index contributed by atoms with van der Waals surface area (Å²) in [5.74, 6) is 0.979. The van der Waals surface area contributed by atoms with Crippen molar-refractivity contribution in [2.45, 2.75) is 13.1 Å². The first kappa shape index (κ1) is 22.3. The van der Waals surface area contributed by atoms with Gasteiger partial charge in [0.25, 0.3) is 0 Å². The molecule has 0 bridgehead atoms. The highest BCUT2D eigenvalue weighted by Gasteiger charge is 2.20. The van der Waals surface area contributed by atoms with Crippen LogP contribution in [0, 0.1) is 5.82 Å². The van der Waals surface area contributed by atoms with Crippen LogP contribution in [0.5, 0.6) is 11.5 Å². The topological polar surface area (TPSA) is 54.0 Å². The monoisotopic (exact) mass is 435 g/mol. The van der Waals surface area contributed by atoms with Gasteiger partial charge in [-0.2, -0.15) is 0 Å². The Morgan fingerprint density at radius 2 is 1.77 bits per heavy atom. The second kappa shape index (κ2) is 10.6. The molecule has 0 spiro atoms. The lowest BCUT2D eigenvalue weighted by Crippen LogP contribution is -2.49. The normalized spacial score (nSPS) is 15.1. The van der Waals surface area contributed by atoms with Crippen LogP contribution in [0.3, 0.4) is 0 Å². The highest BCUT2D eigenvalue weighted by molar-refractivity contribution is 6.31. The number of methoxy groups -OCH3 is 2. The molecule has 0 saturated carbocycles. The van der Waals surface area contributed by atoms with E-state index in [1.807, 2.05) is 18.2 Å². The standard InChI is InChI=1S/C22H27ClFN3O3/c1-29-20-7-6-16(12-21(20)30-2)13-25-22(28)15-27-10-8-26(9-11-27)14-17-18(23)4-3-5-19(17)24/h3-7,12H,8-11,13-15H2,1-2H3,(H,25,28). The van der Waals surface area contributed by atoms with Gasteiger partial charge in [0.15, 0.2) is 11.5 Å². The summed E-state index contributed by atoms with van der Waals surface area (Å²) in [4.78, 5) is 16.6. The third-order valence-electron chi connectivity index (χ3n) is 5.21. The number of ether oxygens (including phenoxy) is 2. The molecule has 0 aromatic heterocycles. The van der Waals surface area contributed by atoms with E-state index in [0.717, 1.165) is 31.7 Å². The minimum Gasteiger partial charge on any atom is -0.493 e. The Bertz CT molecular complexity index is 852. The summed E-state index contributed by atoms with van der Waals surface area (Å²) < 4.78 is 24.5. The number of hydrogen-bond acceptors (Lipinski definition) is 5. The van der Waals surface area contributed by atoms with Gasteiger partial charge in [0.1, 0.15) is 5.82 Å². The van der Waals surface area contributed by atoms with E-state index < -0.39 is 0 Å². The van der Waals surface area contributed by atoms with Gasteiger partial charge in [-0.1, -0.05) is 23.7 Å². The van der Waals surface area contributed by atoms with Gasteiger partial charge in [0.2, 0.25) is 5.91 Å². The van der Waals surface area contributed by atoms with Crippen molar-refractivity contribution in [3.8, 4) is 11.5 Å². The Morgan fingerprint density at radius 3 is 2.43 bits per heavy atom. The second-order valence-electron chi connectivity index (χ2n) is 7.22. The summed E-state index contributed by atoms with van der Waals surface area (Å²) in [6, 6.07) is 10.3. The highest BCUT2D eigenvalue weighted by atomic mass is 35.5. The number of halogens is 2. The molecule has 0 atom stereocenters. The molecule has 1 N–H and O–H groups in total. The first-order valence-corrected chi connectivity index (χ1v) is 10.2. The fraction of sp³-hybridized carbons (Fsp3) is 0.409. The molecule has 162 valence electrons. The fourth-order valence-electron chi connectivity index (χ4n) is 3.46. The number of piperazine rings is 1. The molecule has 1 amide bonds. The molecule has 8 heteroatoms. The molecule has 0 radical (unpaired) electrons. The van der Waals surface area contributed by atoms with Crippen LogP contribution in [0.15, 0.2) is 36.4 Å². The van der Waals surface area contributed by atoms with E-state index in [1.165, 1.54) is 6.07 Å². The van der Waals surface area contributed by atoms with E-state index in [1.54, 1.807) is 26.4 Å². The quantitative estimate of drug-likeness (QED) is 0.691. The van der Waals surface area contributed by atoms with Gasteiger partial charge in [-0.05, 0) is 29.8 Å². The average molecular weight is 436 g/mol. The molecule has 2 aromatic rings. The SMILES string of the molecule is COc1ccc(CNC(=O)CN2CCN(Cc3c(F)cccc3Cl)CC2)cc1OC. The van der Waals surface area contributed by atoms with E-state index in [-0.39, 0.29) is 11.7 Å². The Morgan fingerprint density at radius 1 is 1.07 bits per heavy atom. The molecule has 6 nitrogen and oxygen atoms in total. The van der Waals surface area contributed by atoms with Gasteiger partial charge in [-0.3, -0.25) is 14.6 Å². The maximum atomic E-state index is 14.0. The van der Waals surface area contributed by atoms with Crippen molar-refractivity contribution in [1.29, 1.82) is 0 Å². The molecule has 1 aliphatic rings. The summed E-state index contributed by atoms with van der Waals surface area (Å²) in [6.07, 6.45) is 0. The lowest BCUT2D eigenvalue weighted by molar-refractivity contribution is -0.122. The Labute approximate surface area is 181 Å². The Kier molecular flexibility index (Phi) is 7.90. The number of rotatable bonds is 8. The molecule has 1 aliphatic heterocycles. The molecule has 0 aliphatic carbocycles. The largest absolute Gasteiger partial charge is 0.493 e. The maximum absolute atomic E-state index is 14.0. The number of amides is 1. The van der Waals surface area contributed by atoms with Gasteiger partial charge in [0, 0.05) is 49.9 Å². The average Bonchev–Trinajstić information content (AvgIpc) is 2.76. The Balaban J connectivity index is 1.43. The van der Waals surface area contributed by atoms with Crippen molar-refractivity contribution >= 4 is 17.5 Å². The first-order valence-electron chi connectivity index (χ1n) is 9.85. The highest BCUT2D eigenvalue weighted by Crippen LogP contribution is 2.27. The van der Waals surface area contributed by atoms with Gasteiger partial charge in [-0.25, -0.2) is 4.39 Å². The summed E-state index contributed by atoms with van der Waals surface area (Å²) in [6.45, 7) is 4.24. The van der Waals surface area contributed by atoms with Crippen LogP contribution in [-0.4, -0.2) is 62.7 Å². The Hall–Kier alpha value is -2.35. The third-order valence-corrected chi connectivity index (χ3v) is 5.57. The van der Waals surface area contributed by atoms with Crippen LogP contribution < -0.4 is 14.8 Å². The lowest BCUT2D eigenvalue weighted by atomic mass is 10.2. The van der Waals surface area contributed by atoms with E-state index in [4.69, 9.17) is 21.1 Å². The number of carbonyl (C=O) groups excluding carboxylic acids is 1. The number of nitrogens with zero attached hydrogens (tertiary/aromatic N) is 2. The fourth-order valence-corrected chi connectivity index (χ4v) is 3.69. The van der Waals surface area contributed by atoms with Crippen LogP contribution in [0.1, 0.15) is 11.1 Å². The summed E-state index contributed by atoms with van der Waals surface area (Å²) in [5, 5.41) is 3.39. The van der Waals surface area contributed by atoms with Crippen LogP contribution in [-0.2, 0) is 17.9 Å². The van der Waals surface area contributed by atoms with Crippen molar-refractivity contribution in [2.75, 3.05) is 46.9 Å². The minimum absolute atomic E-state index is 0.0321.